The van der Waals surface area contributed by atoms with Gasteiger partial charge in [-0.2, -0.15) is 0 Å². The third kappa shape index (κ3) is 6.61. The van der Waals surface area contributed by atoms with Gasteiger partial charge in [0.25, 0.3) is 0 Å². The van der Waals surface area contributed by atoms with E-state index in [1.165, 1.54) is 24.3 Å². The van der Waals surface area contributed by atoms with E-state index in [1.807, 2.05) is 109 Å². The predicted molar refractivity (Wildman–Crippen MR) is 224 cm³/mol. The molecule has 0 aliphatic heterocycles. The Hall–Kier alpha value is -6.88. The van der Waals surface area contributed by atoms with Crippen LogP contribution in [0.3, 0.4) is 0 Å². The van der Waals surface area contributed by atoms with E-state index in [9.17, 15) is 13.3 Å². The fourth-order valence-corrected chi connectivity index (χ4v) is 9.77. The van der Waals surface area contributed by atoms with Crippen molar-refractivity contribution >= 4 is 33.8 Å². The molecule has 0 spiro atoms. The number of halogens is 2. The van der Waals surface area contributed by atoms with Gasteiger partial charge in [-0.15, -0.1) is 0 Å². The van der Waals surface area contributed by atoms with Gasteiger partial charge in [0.05, 0.1) is 0 Å². The molecule has 4 nitrogen and oxygen atoms in total. The molecule has 0 saturated heterocycles. The molecule has 0 aliphatic rings. The Bertz CT molecular complexity index is 2760. The van der Waals surface area contributed by atoms with Gasteiger partial charge >= 0.3 is 0 Å². The van der Waals surface area contributed by atoms with Gasteiger partial charge in [0.1, 0.15) is 11.6 Å². The van der Waals surface area contributed by atoms with Crippen molar-refractivity contribution in [1.29, 1.82) is 0 Å². The first-order valence-corrected chi connectivity index (χ1v) is 19.9. The fraction of sp³-hybridized carbons (Fsp3) is 0. The van der Waals surface area contributed by atoms with E-state index in [1.54, 1.807) is 24.3 Å². The lowest BCUT2D eigenvalue weighted by molar-refractivity contribution is 0.592. The smallest absolute Gasteiger partial charge is 0.171 e. The Balaban J connectivity index is 1.07. The zero-order valence-corrected chi connectivity index (χ0v) is 30.8. The molecule has 0 saturated carbocycles. The number of aromatic nitrogens is 3. The van der Waals surface area contributed by atoms with Crippen LogP contribution >= 0.6 is 7.14 Å². The maximum absolute atomic E-state index is 14.8. The minimum atomic E-state index is -3.07. The van der Waals surface area contributed by atoms with Crippen LogP contribution in [0.4, 0.5) is 8.78 Å². The number of hydrogen-bond donors (Lipinski definition) is 0. The van der Waals surface area contributed by atoms with Crippen LogP contribution in [0, 0.1) is 11.6 Å². The highest BCUT2D eigenvalue weighted by Gasteiger charge is 2.29. The second kappa shape index (κ2) is 14.7. The van der Waals surface area contributed by atoms with Gasteiger partial charge in [-0.1, -0.05) is 140 Å². The summed E-state index contributed by atoms with van der Waals surface area (Å²) in [7, 11) is -3.07. The van der Waals surface area contributed by atoms with Crippen LogP contribution in [0.5, 0.6) is 0 Å². The first-order valence-electron chi connectivity index (χ1n) is 18.2. The fourth-order valence-electron chi connectivity index (χ4n) is 7.13. The summed E-state index contributed by atoms with van der Waals surface area (Å²) in [4.78, 5) is 14.4. The van der Waals surface area contributed by atoms with E-state index >= 15 is 0 Å². The summed E-state index contributed by atoms with van der Waals surface area (Å²) in [6, 6.07) is 60.1. The molecule has 0 aliphatic carbocycles. The van der Waals surface area contributed by atoms with Gasteiger partial charge in [0.2, 0.25) is 0 Å². The summed E-state index contributed by atoms with van der Waals surface area (Å²) in [6.45, 7) is 0. The molecule has 268 valence electrons. The third-order valence-corrected chi connectivity index (χ3v) is 13.1. The summed E-state index contributed by atoms with van der Waals surface area (Å²) < 4.78 is 42.5. The summed E-state index contributed by atoms with van der Waals surface area (Å²) >= 11 is 0. The Kier molecular flexibility index (Phi) is 9.18. The highest BCUT2D eigenvalue weighted by molar-refractivity contribution is 7.85. The van der Waals surface area contributed by atoms with Crippen molar-refractivity contribution in [1.82, 2.24) is 15.0 Å². The molecule has 0 amide bonds. The van der Waals surface area contributed by atoms with E-state index in [2.05, 4.69) is 36.4 Å². The van der Waals surface area contributed by atoms with Gasteiger partial charge < -0.3 is 4.57 Å². The Morgan fingerprint density at radius 1 is 0.321 bits per heavy atom. The third-order valence-electron chi connectivity index (χ3n) is 10.0. The Labute approximate surface area is 323 Å². The van der Waals surface area contributed by atoms with Gasteiger partial charge in [0.15, 0.2) is 24.6 Å². The number of fused-ring (bicyclic) bond motifs is 1. The molecule has 0 bridgehead atoms. The van der Waals surface area contributed by atoms with Crippen LogP contribution in [-0.2, 0) is 4.57 Å². The van der Waals surface area contributed by atoms with Crippen LogP contribution in [0.15, 0.2) is 194 Å². The van der Waals surface area contributed by atoms with Crippen LogP contribution < -0.4 is 15.9 Å². The van der Waals surface area contributed by atoms with Crippen LogP contribution in [0.25, 0.3) is 67.2 Å². The van der Waals surface area contributed by atoms with E-state index in [4.69, 9.17) is 15.0 Å². The first-order chi connectivity index (χ1) is 27.4. The molecule has 0 N–H and O–H groups in total. The highest BCUT2D eigenvalue weighted by Crippen LogP contribution is 2.43. The maximum Gasteiger partial charge on any atom is 0.171 e. The average Bonchev–Trinajstić information content (AvgIpc) is 3.27. The predicted octanol–water partition coefficient (Wildman–Crippen LogP) is 11.3. The highest BCUT2D eigenvalue weighted by atomic mass is 31.2. The number of benzene rings is 8. The first kappa shape index (κ1) is 34.9. The lowest BCUT2D eigenvalue weighted by Gasteiger charge is -2.20. The van der Waals surface area contributed by atoms with Crippen LogP contribution in [0.2, 0.25) is 0 Å². The molecule has 7 heteroatoms. The lowest BCUT2D eigenvalue weighted by atomic mass is 9.93. The van der Waals surface area contributed by atoms with Crippen LogP contribution in [-0.4, -0.2) is 15.0 Å². The Morgan fingerprint density at radius 3 is 1.18 bits per heavy atom. The van der Waals surface area contributed by atoms with E-state index < -0.39 is 7.14 Å². The molecule has 9 rings (SSSR count). The lowest BCUT2D eigenvalue weighted by Crippen LogP contribution is -2.24. The molecule has 1 heterocycles. The van der Waals surface area contributed by atoms with Gasteiger partial charge in [-0.25, -0.2) is 23.7 Å². The normalized spacial score (nSPS) is 11.5. The van der Waals surface area contributed by atoms with Crippen molar-refractivity contribution in [2.45, 2.75) is 0 Å². The molecule has 56 heavy (non-hydrogen) atoms. The SMILES string of the molecule is O=P(c1ccccc1)(c1ccccc1)c1ccc(-c2ccc(-c3ccc(-c4nc(-c5ccc(F)cc5)nc(-c5ccc(F)cc5)n4)c4ccccc34)cc2)cc1. The van der Waals surface area contributed by atoms with Crippen molar-refractivity contribution in [2.24, 2.45) is 0 Å². The summed E-state index contributed by atoms with van der Waals surface area (Å²) in [5.74, 6) is 0.499. The zero-order valence-electron chi connectivity index (χ0n) is 29.9. The topological polar surface area (TPSA) is 55.7 Å². The zero-order chi connectivity index (χ0) is 38.1. The summed E-state index contributed by atoms with van der Waals surface area (Å²) in [5.41, 5.74) is 6.23. The molecule has 9 aromatic rings. The molecule has 0 unspecified atom stereocenters. The van der Waals surface area contributed by atoms with Gasteiger partial charge in [-0.3, -0.25) is 0 Å². The Morgan fingerprint density at radius 2 is 0.679 bits per heavy atom. The van der Waals surface area contributed by atoms with E-state index in [0.717, 1.165) is 54.5 Å². The number of nitrogens with zero attached hydrogens (tertiary/aromatic N) is 3. The second-order valence-electron chi connectivity index (χ2n) is 13.4. The average molecular weight is 748 g/mol. The van der Waals surface area contributed by atoms with Crippen molar-refractivity contribution < 1.29 is 13.3 Å². The molecular weight excluding hydrogens is 716 g/mol. The molecular formula is C49H32F2N3OP. The largest absolute Gasteiger partial charge is 0.309 e. The molecule has 0 fully saturated rings. The number of hydrogen-bond acceptors (Lipinski definition) is 4. The monoisotopic (exact) mass is 747 g/mol. The molecule has 8 aromatic carbocycles. The van der Waals surface area contributed by atoms with Crippen molar-refractivity contribution in [3.05, 3.63) is 206 Å². The van der Waals surface area contributed by atoms with Crippen molar-refractivity contribution in [2.75, 3.05) is 0 Å². The number of rotatable bonds is 8. The summed E-state index contributed by atoms with van der Waals surface area (Å²) in [5, 5.41) is 4.37. The van der Waals surface area contributed by atoms with Gasteiger partial charge in [-0.05, 0) is 87.6 Å². The van der Waals surface area contributed by atoms with Crippen LogP contribution in [0.1, 0.15) is 0 Å². The molecule has 1 aromatic heterocycles. The van der Waals surface area contributed by atoms with E-state index in [0.29, 0.717) is 28.6 Å². The minimum absolute atomic E-state index is 0.358. The summed E-state index contributed by atoms with van der Waals surface area (Å²) in [6.07, 6.45) is 0. The van der Waals surface area contributed by atoms with Gasteiger partial charge in [0, 0.05) is 32.6 Å². The quantitative estimate of drug-likeness (QED) is 0.145. The molecule has 0 radical (unpaired) electrons. The second-order valence-corrected chi connectivity index (χ2v) is 16.2. The molecule has 0 atom stereocenters. The standard InChI is InChI=1S/C49H32F2N3OP/c50-38-25-19-36(20-26-38)47-52-48(37-21-27-39(51)28-22-37)54-49(53-47)46-32-31-43(44-13-7-8-14-45(44)46)35-17-15-33(16-18-35)34-23-29-42(30-24-34)56(55,40-9-3-1-4-10-40)41-11-5-2-6-12-41/h1-32H. The van der Waals surface area contributed by atoms with Crippen molar-refractivity contribution in [3.63, 3.8) is 0 Å². The van der Waals surface area contributed by atoms with Crippen molar-refractivity contribution in [3.8, 4) is 56.4 Å². The van der Waals surface area contributed by atoms with E-state index in [-0.39, 0.29) is 11.6 Å². The minimum Gasteiger partial charge on any atom is -0.309 e. The maximum atomic E-state index is 14.8.